The Bertz CT molecular complexity index is 525. The molecule has 0 saturated heterocycles. The van der Waals surface area contributed by atoms with E-state index in [0.717, 1.165) is 20.1 Å². The second-order valence-electron chi connectivity index (χ2n) is 3.50. The highest BCUT2D eigenvalue weighted by Gasteiger charge is 2.11. The third kappa shape index (κ3) is 3.14. The maximum Gasteiger partial charge on any atom is 0.303 e. The van der Waals surface area contributed by atoms with Gasteiger partial charge in [0.1, 0.15) is 5.01 Å². The van der Waals surface area contributed by atoms with Crippen molar-refractivity contribution in [3.63, 3.8) is 0 Å². The zero-order valence-electron chi connectivity index (χ0n) is 8.89. The average Bonchev–Trinajstić information content (AvgIpc) is 2.69. The molecule has 0 saturated carbocycles. The summed E-state index contributed by atoms with van der Waals surface area (Å²) in [5, 5.41) is 9.56. The molecule has 0 fully saturated rings. The lowest BCUT2D eigenvalue weighted by molar-refractivity contribution is -0.136. The molecule has 88 valence electrons. The summed E-state index contributed by atoms with van der Waals surface area (Å²) in [7, 11) is 0. The van der Waals surface area contributed by atoms with Gasteiger partial charge in [0.2, 0.25) is 0 Å². The van der Waals surface area contributed by atoms with Crippen molar-refractivity contribution in [2.45, 2.75) is 12.8 Å². The number of carbonyl (C=O) groups is 1. The third-order valence-corrected chi connectivity index (χ3v) is 4.12. The molecule has 17 heavy (non-hydrogen) atoms. The van der Waals surface area contributed by atoms with Crippen LogP contribution in [0.4, 0.5) is 0 Å². The van der Waals surface area contributed by atoms with Crippen LogP contribution < -0.4 is 0 Å². The van der Waals surface area contributed by atoms with Crippen molar-refractivity contribution in [2.75, 3.05) is 0 Å². The molecule has 1 aromatic carbocycles. The van der Waals surface area contributed by atoms with Gasteiger partial charge in [0.05, 0.1) is 15.9 Å². The van der Waals surface area contributed by atoms with Gasteiger partial charge in [-0.05, 0) is 15.9 Å². The number of aryl methyl sites for hydroxylation is 1. The predicted molar refractivity (Wildman–Crippen MR) is 71.2 cm³/mol. The summed E-state index contributed by atoms with van der Waals surface area (Å²) in [6.07, 6.45) is 0.565. The number of thiazole rings is 1. The Kier molecular flexibility index (Phi) is 3.91. The van der Waals surface area contributed by atoms with Gasteiger partial charge < -0.3 is 5.11 Å². The number of carboxylic acid groups (broad SMARTS) is 1. The maximum atomic E-state index is 10.5. The Balaban J connectivity index is 2.22. The number of halogens is 1. The van der Waals surface area contributed by atoms with Crippen LogP contribution in [0.5, 0.6) is 0 Å². The highest BCUT2D eigenvalue weighted by Crippen LogP contribution is 2.32. The highest BCUT2D eigenvalue weighted by molar-refractivity contribution is 9.11. The summed E-state index contributed by atoms with van der Waals surface area (Å²) < 4.78 is 0.914. The van der Waals surface area contributed by atoms with Gasteiger partial charge in [-0.15, -0.1) is 11.3 Å². The number of hydrogen-bond donors (Lipinski definition) is 1. The van der Waals surface area contributed by atoms with E-state index in [9.17, 15) is 4.79 Å². The molecule has 0 amide bonds. The van der Waals surface area contributed by atoms with Crippen molar-refractivity contribution in [2.24, 2.45) is 0 Å². The maximum absolute atomic E-state index is 10.5. The van der Waals surface area contributed by atoms with Crippen molar-refractivity contribution < 1.29 is 9.90 Å². The molecule has 1 heterocycles. The molecule has 0 radical (unpaired) electrons. The highest BCUT2D eigenvalue weighted by atomic mass is 79.9. The van der Waals surface area contributed by atoms with Gasteiger partial charge >= 0.3 is 5.97 Å². The van der Waals surface area contributed by atoms with Crippen molar-refractivity contribution in [3.8, 4) is 10.6 Å². The van der Waals surface area contributed by atoms with E-state index in [4.69, 9.17) is 5.11 Å². The minimum atomic E-state index is -0.800. The lowest BCUT2D eigenvalue weighted by Crippen LogP contribution is -1.98. The smallest absolute Gasteiger partial charge is 0.303 e. The molecular weight excluding hydrogens is 302 g/mol. The van der Waals surface area contributed by atoms with Crippen molar-refractivity contribution in [3.05, 3.63) is 39.8 Å². The lowest BCUT2D eigenvalue weighted by atomic mass is 10.2. The van der Waals surface area contributed by atoms with Crippen LogP contribution in [-0.2, 0) is 11.2 Å². The Morgan fingerprint density at radius 2 is 2.06 bits per heavy atom. The van der Waals surface area contributed by atoms with Gasteiger partial charge in [-0.25, -0.2) is 4.98 Å². The summed E-state index contributed by atoms with van der Waals surface area (Å²) in [4.78, 5) is 15.0. The molecule has 0 unspecified atom stereocenters. The number of aromatic nitrogens is 1. The Hall–Kier alpha value is -1.20. The van der Waals surface area contributed by atoms with Gasteiger partial charge in [-0.1, -0.05) is 30.3 Å². The SMILES string of the molecule is O=C(O)CCc1nc(-c2ccccc2)sc1Br. The number of hydrogen-bond acceptors (Lipinski definition) is 3. The largest absolute Gasteiger partial charge is 0.481 e. The second kappa shape index (κ2) is 5.42. The van der Waals surface area contributed by atoms with Crippen LogP contribution in [0.2, 0.25) is 0 Å². The van der Waals surface area contributed by atoms with E-state index >= 15 is 0 Å². The quantitative estimate of drug-likeness (QED) is 0.938. The van der Waals surface area contributed by atoms with Crippen molar-refractivity contribution in [1.29, 1.82) is 0 Å². The zero-order valence-corrected chi connectivity index (χ0v) is 11.3. The van der Waals surface area contributed by atoms with Crippen LogP contribution in [0.1, 0.15) is 12.1 Å². The summed E-state index contributed by atoms with van der Waals surface area (Å²) >= 11 is 4.96. The van der Waals surface area contributed by atoms with Crippen LogP contribution in [0, 0.1) is 0 Å². The molecule has 1 aromatic heterocycles. The van der Waals surface area contributed by atoms with Crippen LogP contribution in [0.25, 0.3) is 10.6 Å². The first-order valence-corrected chi connectivity index (χ1v) is 6.70. The monoisotopic (exact) mass is 311 g/mol. The van der Waals surface area contributed by atoms with Gasteiger partial charge in [-0.3, -0.25) is 4.79 Å². The Morgan fingerprint density at radius 3 is 2.71 bits per heavy atom. The molecule has 2 rings (SSSR count). The zero-order chi connectivity index (χ0) is 12.3. The van der Waals surface area contributed by atoms with Crippen LogP contribution in [-0.4, -0.2) is 16.1 Å². The van der Waals surface area contributed by atoms with E-state index in [1.54, 1.807) is 0 Å². The Morgan fingerprint density at radius 1 is 1.35 bits per heavy atom. The molecule has 0 bridgehead atoms. The van der Waals surface area contributed by atoms with E-state index in [1.807, 2.05) is 30.3 Å². The summed E-state index contributed by atoms with van der Waals surface area (Å²) in [6, 6.07) is 9.86. The van der Waals surface area contributed by atoms with E-state index < -0.39 is 5.97 Å². The van der Waals surface area contributed by atoms with E-state index in [1.165, 1.54) is 11.3 Å². The molecule has 0 aliphatic heterocycles. The molecule has 3 nitrogen and oxygen atoms in total. The van der Waals surface area contributed by atoms with Gasteiger partial charge in [0.25, 0.3) is 0 Å². The molecule has 1 N–H and O–H groups in total. The summed E-state index contributed by atoms with van der Waals surface area (Å²) in [5.74, 6) is -0.800. The van der Waals surface area contributed by atoms with Crippen LogP contribution in [0.3, 0.4) is 0 Å². The second-order valence-corrected chi connectivity index (χ2v) is 5.82. The molecule has 0 aliphatic rings. The Labute approximate surface area is 111 Å². The third-order valence-electron chi connectivity index (χ3n) is 2.25. The van der Waals surface area contributed by atoms with E-state index in [-0.39, 0.29) is 6.42 Å². The summed E-state index contributed by atoms with van der Waals surface area (Å²) in [6.45, 7) is 0. The molecule has 0 aliphatic carbocycles. The predicted octanol–water partition coefficient (Wildman–Crippen LogP) is 3.59. The lowest BCUT2D eigenvalue weighted by Gasteiger charge is -1.94. The average molecular weight is 312 g/mol. The van der Waals surface area contributed by atoms with Gasteiger partial charge in [0, 0.05) is 12.0 Å². The fourth-order valence-electron chi connectivity index (χ4n) is 1.42. The molecule has 5 heteroatoms. The number of aliphatic carboxylic acids is 1. The minimum absolute atomic E-state index is 0.108. The van der Waals surface area contributed by atoms with E-state index in [0.29, 0.717) is 6.42 Å². The number of rotatable bonds is 4. The molecule has 0 spiro atoms. The standard InChI is InChI=1S/C12H10BrNO2S/c13-11-9(6-7-10(15)16)14-12(17-11)8-4-2-1-3-5-8/h1-5H,6-7H2,(H,15,16). The van der Waals surface area contributed by atoms with Gasteiger partial charge in [0.15, 0.2) is 0 Å². The minimum Gasteiger partial charge on any atom is -0.481 e. The topological polar surface area (TPSA) is 50.2 Å². The number of carboxylic acids is 1. The van der Waals surface area contributed by atoms with Crippen LogP contribution >= 0.6 is 27.3 Å². The van der Waals surface area contributed by atoms with Crippen LogP contribution in [0.15, 0.2) is 34.1 Å². The number of nitrogens with zero attached hydrogens (tertiary/aromatic N) is 1. The first-order valence-electron chi connectivity index (χ1n) is 5.09. The van der Waals surface area contributed by atoms with Crippen molar-refractivity contribution >= 4 is 33.2 Å². The normalized spacial score (nSPS) is 10.4. The van der Waals surface area contributed by atoms with E-state index in [2.05, 4.69) is 20.9 Å². The molecule has 2 aromatic rings. The summed E-state index contributed by atoms with van der Waals surface area (Å²) in [5.41, 5.74) is 1.87. The molecular formula is C12H10BrNO2S. The fraction of sp³-hybridized carbons (Fsp3) is 0.167. The van der Waals surface area contributed by atoms with Gasteiger partial charge in [-0.2, -0.15) is 0 Å². The first kappa shape index (κ1) is 12.3. The number of benzene rings is 1. The molecule has 0 atom stereocenters. The first-order chi connectivity index (χ1) is 8.16. The van der Waals surface area contributed by atoms with Crippen molar-refractivity contribution in [1.82, 2.24) is 4.98 Å². The fourth-order valence-corrected chi connectivity index (χ4v) is 3.01.